The molecule has 2 N–H and O–H groups in total. The van der Waals surface area contributed by atoms with Gasteiger partial charge in [0.25, 0.3) is 0 Å². The van der Waals surface area contributed by atoms with E-state index in [4.69, 9.17) is 4.74 Å². The molecule has 2 aromatic rings. The molecule has 9 heteroatoms. The van der Waals surface area contributed by atoms with Gasteiger partial charge in [-0.1, -0.05) is 0 Å². The van der Waals surface area contributed by atoms with Crippen LogP contribution in [0.4, 0.5) is 9.18 Å². The maximum Gasteiger partial charge on any atom is 0.410 e. The molecule has 4 rings (SSSR count). The summed E-state index contributed by atoms with van der Waals surface area (Å²) < 4.78 is 19.6. The second kappa shape index (κ2) is 7.86. The van der Waals surface area contributed by atoms with E-state index in [0.29, 0.717) is 13.1 Å². The Morgan fingerprint density at radius 2 is 2.20 bits per heavy atom. The summed E-state index contributed by atoms with van der Waals surface area (Å²) in [7, 11) is 0. The number of halogens is 1. The lowest BCUT2D eigenvalue weighted by Crippen LogP contribution is -2.47. The fraction of sp³-hybridized carbons (Fsp3) is 0.571. The average molecular weight is 417 g/mol. The van der Waals surface area contributed by atoms with Gasteiger partial charge in [-0.15, -0.1) is 0 Å². The maximum atomic E-state index is 14.1. The number of aromatic nitrogens is 3. The molecule has 30 heavy (non-hydrogen) atoms. The van der Waals surface area contributed by atoms with Crippen LogP contribution < -0.4 is 5.43 Å². The Balaban J connectivity index is 1.50. The van der Waals surface area contributed by atoms with Crippen molar-refractivity contribution >= 4 is 22.7 Å². The van der Waals surface area contributed by atoms with Gasteiger partial charge >= 0.3 is 6.09 Å². The summed E-state index contributed by atoms with van der Waals surface area (Å²) in [4.78, 5) is 25.9. The van der Waals surface area contributed by atoms with Crippen LogP contribution in [0, 0.1) is 5.92 Å². The third-order valence-electron chi connectivity index (χ3n) is 5.65. The highest BCUT2D eigenvalue weighted by molar-refractivity contribution is 5.89. The van der Waals surface area contributed by atoms with Gasteiger partial charge < -0.3 is 19.6 Å². The van der Waals surface area contributed by atoms with E-state index in [-0.39, 0.29) is 24.1 Å². The molecule has 1 amide bonds. The Morgan fingerprint density at radius 3 is 2.93 bits per heavy atom. The number of carbonyl (C=O) groups excluding carboxylic acids is 1. The second-order valence-electron chi connectivity index (χ2n) is 9.00. The molecule has 0 saturated carbocycles. The molecule has 4 heterocycles. The number of amides is 1. The van der Waals surface area contributed by atoms with Crippen LogP contribution in [-0.4, -0.2) is 68.4 Å². The molecule has 1 fully saturated rings. The summed E-state index contributed by atoms with van der Waals surface area (Å²) in [6, 6.07) is 1.56. The molecule has 0 aromatic carbocycles. The smallest absolute Gasteiger partial charge is 0.410 e. The molecular weight excluding hydrogens is 387 g/mol. The minimum atomic E-state index is -0.542. The van der Waals surface area contributed by atoms with Gasteiger partial charge in [0, 0.05) is 42.4 Å². The first-order valence-corrected chi connectivity index (χ1v) is 10.4. The Bertz CT molecular complexity index is 952. The van der Waals surface area contributed by atoms with E-state index in [9.17, 15) is 9.18 Å². The first-order chi connectivity index (χ1) is 14.3. The molecule has 162 valence electrons. The van der Waals surface area contributed by atoms with E-state index in [0.717, 1.165) is 28.7 Å². The zero-order chi connectivity index (χ0) is 21.5. The van der Waals surface area contributed by atoms with Gasteiger partial charge in [0.05, 0.1) is 17.8 Å². The SMILES string of the molecule is CC1NN(C(CF)[C@H]2CCN(C(=O)OC(C)(C)C)C2)C=C1c1ncnc2[nH]ccc12. The monoisotopic (exact) mass is 416 g/mol. The number of fused-ring (bicyclic) bond motifs is 1. The molecule has 1 saturated heterocycles. The number of ether oxygens (including phenoxy) is 1. The van der Waals surface area contributed by atoms with Crippen molar-refractivity contribution in [3.8, 4) is 0 Å². The molecule has 2 aliphatic heterocycles. The summed E-state index contributed by atoms with van der Waals surface area (Å²) in [5, 5.41) is 2.79. The van der Waals surface area contributed by atoms with E-state index in [2.05, 4.69) is 20.4 Å². The number of alkyl halides is 1. The van der Waals surface area contributed by atoms with Crippen LogP contribution in [0.15, 0.2) is 24.8 Å². The molecule has 3 atom stereocenters. The first-order valence-electron chi connectivity index (χ1n) is 10.4. The fourth-order valence-electron chi connectivity index (χ4n) is 4.17. The average Bonchev–Trinajstić information content (AvgIpc) is 3.40. The molecule has 8 nitrogen and oxygen atoms in total. The number of rotatable bonds is 4. The summed E-state index contributed by atoms with van der Waals surface area (Å²) in [5.41, 5.74) is 5.42. The number of nitrogens with zero attached hydrogens (tertiary/aromatic N) is 4. The number of carbonyl (C=O) groups is 1. The van der Waals surface area contributed by atoms with E-state index < -0.39 is 12.3 Å². The summed E-state index contributed by atoms with van der Waals surface area (Å²) in [6.07, 6.45) is 5.71. The number of hydrazine groups is 1. The standard InChI is InChI=1S/C21H29FN6O2/c1-13-16(18-15-5-7-23-19(15)25-12-24-18)11-28(26-13)17(9-22)14-6-8-27(10-14)20(29)30-21(2,3)4/h5,7,11-14,17,26H,6,8-10H2,1-4H3,(H,23,24,25)/t13?,14-,17?/m0/s1. The van der Waals surface area contributed by atoms with Crippen LogP contribution in [0.3, 0.4) is 0 Å². The van der Waals surface area contributed by atoms with Crippen molar-refractivity contribution in [3.05, 3.63) is 30.5 Å². The molecular formula is C21H29FN6O2. The normalized spacial score (nSPS) is 23.2. The van der Waals surface area contributed by atoms with Crippen LogP contribution in [0.25, 0.3) is 16.6 Å². The third-order valence-corrected chi connectivity index (χ3v) is 5.65. The predicted molar refractivity (Wildman–Crippen MR) is 112 cm³/mol. The topological polar surface area (TPSA) is 86.4 Å². The zero-order valence-corrected chi connectivity index (χ0v) is 17.9. The Kier molecular flexibility index (Phi) is 5.40. The van der Waals surface area contributed by atoms with Crippen LogP contribution in [0.1, 0.15) is 39.8 Å². The van der Waals surface area contributed by atoms with Gasteiger partial charge in [-0.05, 0) is 40.2 Å². The maximum absolute atomic E-state index is 14.1. The summed E-state index contributed by atoms with van der Waals surface area (Å²) in [5.74, 6) is 0.00972. The van der Waals surface area contributed by atoms with E-state index in [1.807, 2.05) is 51.2 Å². The molecule has 0 aliphatic carbocycles. The number of nitrogens with one attached hydrogen (secondary N) is 2. The largest absolute Gasteiger partial charge is 0.444 e. The zero-order valence-electron chi connectivity index (χ0n) is 17.9. The Labute approximate surface area is 175 Å². The van der Waals surface area contributed by atoms with Crippen molar-refractivity contribution in [2.75, 3.05) is 19.8 Å². The first kappa shape index (κ1) is 20.6. The van der Waals surface area contributed by atoms with Gasteiger partial charge in [-0.2, -0.15) is 0 Å². The number of hydrogen-bond acceptors (Lipinski definition) is 6. The van der Waals surface area contributed by atoms with Gasteiger partial charge in [0.15, 0.2) is 0 Å². The van der Waals surface area contributed by atoms with Gasteiger partial charge in [0.2, 0.25) is 0 Å². The van der Waals surface area contributed by atoms with Gasteiger partial charge in [-0.3, -0.25) is 0 Å². The molecule has 2 aliphatic rings. The van der Waals surface area contributed by atoms with Crippen LogP contribution in [0.5, 0.6) is 0 Å². The van der Waals surface area contributed by atoms with Crippen LogP contribution in [-0.2, 0) is 4.74 Å². The lowest BCUT2D eigenvalue weighted by molar-refractivity contribution is 0.0273. The van der Waals surface area contributed by atoms with Gasteiger partial charge in [-0.25, -0.2) is 24.6 Å². The highest BCUT2D eigenvalue weighted by Crippen LogP contribution is 2.31. The molecule has 2 aromatic heterocycles. The van der Waals surface area contributed by atoms with Crippen molar-refractivity contribution in [3.63, 3.8) is 0 Å². The van der Waals surface area contributed by atoms with Crippen molar-refractivity contribution in [1.82, 2.24) is 30.3 Å². The second-order valence-corrected chi connectivity index (χ2v) is 9.00. The highest BCUT2D eigenvalue weighted by Gasteiger charge is 2.38. The quantitative estimate of drug-likeness (QED) is 0.797. The number of likely N-dealkylation sites (tertiary alicyclic amines) is 1. The molecule has 0 radical (unpaired) electrons. The lowest BCUT2D eigenvalue weighted by atomic mass is 9.99. The van der Waals surface area contributed by atoms with Gasteiger partial charge in [0.1, 0.15) is 24.3 Å². The summed E-state index contributed by atoms with van der Waals surface area (Å²) >= 11 is 0. The molecule has 0 spiro atoms. The van der Waals surface area contributed by atoms with E-state index in [1.165, 1.54) is 6.33 Å². The predicted octanol–water partition coefficient (Wildman–Crippen LogP) is 3.10. The number of aromatic amines is 1. The van der Waals surface area contributed by atoms with Crippen LogP contribution in [0.2, 0.25) is 0 Å². The van der Waals surface area contributed by atoms with Crippen molar-refractivity contribution in [2.24, 2.45) is 5.92 Å². The van der Waals surface area contributed by atoms with Crippen molar-refractivity contribution < 1.29 is 13.9 Å². The van der Waals surface area contributed by atoms with Crippen molar-refractivity contribution in [2.45, 2.75) is 51.8 Å². The summed E-state index contributed by atoms with van der Waals surface area (Å²) in [6.45, 7) is 8.11. The van der Waals surface area contributed by atoms with E-state index >= 15 is 0 Å². The number of H-pyrrole nitrogens is 1. The number of hydrogen-bond donors (Lipinski definition) is 2. The minimum absolute atomic E-state index is 0.00972. The van der Waals surface area contributed by atoms with Crippen molar-refractivity contribution in [1.29, 1.82) is 0 Å². The highest BCUT2D eigenvalue weighted by atomic mass is 19.1. The Morgan fingerprint density at radius 1 is 1.40 bits per heavy atom. The molecule has 0 bridgehead atoms. The molecule has 2 unspecified atom stereocenters. The van der Waals surface area contributed by atoms with E-state index in [1.54, 1.807) is 4.90 Å². The minimum Gasteiger partial charge on any atom is -0.444 e. The Hall–Kier alpha value is -2.68. The lowest BCUT2D eigenvalue weighted by Gasteiger charge is -2.31. The fourth-order valence-corrected chi connectivity index (χ4v) is 4.17. The van der Waals surface area contributed by atoms with Crippen LogP contribution >= 0.6 is 0 Å². The third kappa shape index (κ3) is 3.98.